The number of pyridine rings is 1. The van der Waals surface area contributed by atoms with Crippen molar-refractivity contribution in [2.24, 2.45) is 0 Å². The number of anilines is 3. The molecule has 0 unspecified atom stereocenters. The first-order valence-corrected chi connectivity index (χ1v) is 10.8. The molecule has 174 valence electrons. The average molecular weight is 483 g/mol. The summed E-state index contributed by atoms with van der Waals surface area (Å²) >= 11 is 4.94. The number of rotatable bonds is 6. The Labute approximate surface area is 199 Å². The van der Waals surface area contributed by atoms with Gasteiger partial charge in [-0.3, -0.25) is 14.7 Å². The quantitative estimate of drug-likeness (QED) is 0.504. The molecule has 0 saturated carbocycles. The van der Waals surface area contributed by atoms with Crippen LogP contribution in [0.1, 0.15) is 6.92 Å². The zero-order chi connectivity index (χ0) is 24.2. The summed E-state index contributed by atoms with van der Waals surface area (Å²) in [7, 11) is 0. The third-order valence-corrected chi connectivity index (χ3v) is 5.24. The van der Waals surface area contributed by atoms with Crippen LogP contribution in [0.3, 0.4) is 0 Å². The van der Waals surface area contributed by atoms with Crippen LogP contribution in [0.15, 0.2) is 65.6 Å². The lowest BCUT2D eigenvalue weighted by Gasteiger charge is -2.16. The minimum atomic E-state index is -0.968. The molecule has 0 spiro atoms. The van der Waals surface area contributed by atoms with E-state index in [1.54, 1.807) is 43.5 Å². The number of nitrogens with one attached hydrogen (secondary N) is 2. The molecule has 1 saturated heterocycles. The standard InChI is InChI=1S/C24H20F2N4O3S/c1-14(34)28-12-17-13-30(24(32)33-17)16-10-18(25)23(19(26)11-16)29-21-9-15(5-4-7-22(21)31)20-6-2-3-8-27-20/h2-11,17H,12-13H2,1H3,(H,28,34)(H,29,31)/t17-/m0/s1. The van der Waals surface area contributed by atoms with Crippen molar-refractivity contribution in [1.82, 2.24) is 10.3 Å². The molecule has 2 heterocycles. The van der Waals surface area contributed by atoms with Crippen LogP contribution in [-0.2, 0) is 4.74 Å². The second-order valence-corrected chi connectivity index (χ2v) is 8.19. The van der Waals surface area contributed by atoms with Gasteiger partial charge in [0.1, 0.15) is 11.8 Å². The molecule has 3 aromatic rings. The first-order valence-electron chi connectivity index (χ1n) is 10.4. The number of nitrogens with zero attached hydrogens (tertiary/aromatic N) is 2. The van der Waals surface area contributed by atoms with Gasteiger partial charge in [0.15, 0.2) is 11.6 Å². The number of hydrogen-bond donors (Lipinski definition) is 2. The molecule has 0 bridgehead atoms. The average Bonchev–Trinajstić information content (AvgIpc) is 3.08. The Morgan fingerprint density at radius 3 is 2.59 bits per heavy atom. The fourth-order valence-electron chi connectivity index (χ4n) is 3.46. The molecule has 2 aromatic carbocycles. The molecule has 4 rings (SSSR count). The van der Waals surface area contributed by atoms with E-state index in [9.17, 15) is 18.4 Å². The first kappa shape index (κ1) is 23.2. The van der Waals surface area contributed by atoms with Crippen molar-refractivity contribution < 1.29 is 18.3 Å². The molecule has 1 amide bonds. The second kappa shape index (κ2) is 9.92. The lowest BCUT2D eigenvalue weighted by Crippen LogP contribution is -2.32. The maximum Gasteiger partial charge on any atom is 0.414 e. The topological polar surface area (TPSA) is 83.6 Å². The van der Waals surface area contributed by atoms with E-state index in [2.05, 4.69) is 15.6 Å². The van der Waals surface area contributed by atoms with Crippen molar-refractivity contribution in [3.8, 4) is 11.3 Å². The van der Waals surface area contributed by atoms with Crippen molar-refractivity contribution >= 4 is 40.4 Å². The highest BCUT2D eigenvalue weighted by atomic mass is 32.1. The molecule has 1 atom stereocenters. The number of ether oxygens (including phenoxy) is 1. The molecule has 1 fully saturated rings. The van der Waals surface area contributed by atoms with Crippen LogP contribution in [0.25, 0.3) is 11.3 Å². The minimum Gasteiger partial charge on any atom is -0.442 e. The van der Waals surface area contributed by atoms with Gasteiger partial charge in [0, 0.05) is 23.9 Å². The summed E-state index contributed by atoms with van der Waals surface area (Å²) in [5, 5.41) is 5.46. The van der Waals surface area contributed by atoms with E-state index in [4.69, 9.17) is 17.0 Å². The second-order valence-electron chi connectivity index (χ2n) is 7.58. The van der Waals surface area contributed by atoms with Crippen molar-refractivity contribution in [2.45, 2.75) is 13.0 Å². The minimum absolute atomic E-state index is 0.00210. The Balaban J connectivity index is 1.60. The maximum atomic E-state index is 15.0. The number of amides is 1. The lowest BCUT2D eigenvalue weighted by molar-refractivity contribution is 0.143. The van der Waals surface area contributed by atoms with Crippen LogP contribution in [0.4, 0.5) is 30.6 Å². The van der Waals surface area contributed by atoms with E-state index in [1.165, 1.54) is 12.1 Å². The Bertz CT molecular complexity index is 1280. The van der Waals surface area contributed by atoms with E-state index in [-0.39, 0.29) is 24.5 Å². The fraction of sp³-hybridized carbons (Fsp3) is 0.167. The smallest absolute Gasteiger partial charge is 0.414 e. The normalized spacial score (nSPS) is 15.1. The van der Waals surface area contributed by atoms with Gasteiger partial charge in [0.05, 0.1) is 35.1 Å². The summed E-state index contributed by atoms with van der Waals surface area (Å²) in [5.41, 5.74) is 0.186. The number of carbonyl (C=O) groups is 1. The predicted molar refractivity (Wildman–Crippen MR) is 129 cm³/mol. The Hall–Kier alpha value is -3.92. The van der Waals surface area contributed by atoms with Crippen LogP contribution >= 0.6 is 12.2 Å². The van der Waals surface area contributed by atoms with Gasteiger partial charge in [-0.05, 0) is 31.2 Å². The van der Waals surface area contributed by atoms with Gasteiger partial charge in [-0.25, -0.2) is 13.6 Å². The molecule has 10 heteroatoms. The van der Waals surface area contributed by atoms with Gasteiger partial charge in [0.25, 0.3) is 0 Å². The Morgan fingerprint density at radius 2 is 1.91 bits per heavy atom. The summed E-state index contributed by atoms with van der Waals surface area (Å²) in [6.45, 7) is 2.09. The molecule has 1 aliphatic heterocycles. The fourth-order valence-corrected chi connectivity index (χ4v) is 3.54. The highest BCUT2D eigenvalue weighted by Gasteiger charge is 2.33. The molecule has 34 heavy (non-hydrogen) atoms. The van der Waals surface area contributed by atoms with Crippen molar-refractivity contribution in [2.75, 3.05) is 23.3 Å². The van der Waals surface area contributed by atoms with Gasteiger partial charge in [-0.2, -0.15) is 0 Å². The van der Waals surface area contributed by atoms with E-state index in [1.807, 2.05) is 0 Å². The molecule has 1 aromatic heterocycles. The van der Waals surface area contributed by atoms with Gasteiger partial charge in [0.2, 0.25) is 5.43 Å². The number of benzene rings is 1. The van der Waals surface area contributed by atoms with Crippen LogP contribution < -0.4 is 21.0 Å². The lowest BCUT2D eigenvalue weighted by atomic mass is 10.1. The molecule has 1 aliphatic rings. The number of thiocarbonyl (C=S) groups is 1. The Morgan fingerprint density at radius 1 is 1.15 bits per heavy atom. The highest BCUT2D eigenvalue weighted by molar-refractivity contribution is 7.80. The van der Waals surface area contributed by atoms with E-state index in [0.29, 0.717) is 16.2 Å². The number of carbonyl (C=O) groups excluding carboxylic acids is 1. The van der Waals surface area contributed by atoms with Crippen LogP contribution in [0.2, 0.25) is 0 Å². The SMILES string of the molecule is CC(=S)NC[C@H]1CN(c2cc(F)c(Nc3cc(-c4ccccn4)cccc3=O)c(F)c2)C(=O)O1. The van der Waals surface area contributed by atoms with E-state index < -0.39 is 34.9 Å². The summed E-state index contributed by atoms with van der Waals surface area (Å²) < 4.78 is 35.1. The van der Waals surface area contributed by atoms with Gasteiger partial charge in [-0.1, -0.05) is 30.4 Å². The summed E-state index contributed by atoms with van der Waals surface area (Å²) in [5.74, 6) is -1.94. The maximum absolute atomic E-state index is 15.0. The molecular formula is C24H20F2N4O3S. The van der Waals surface area contributed by atoms with Crippen molar-refractivity contribution in [3.63, 3.8) is 0 Å². The zero-order valence-corrected chi connectivity index (χ0v) is 18.9. The van der Waals surface area contributed by atoms with Gasteiger partial charge in [-0.15, -0.1) is 0 Å². The van der Waals surface area contributed by atoms with Crippen LogP contribution in [-0.4, -0.2) is 35.3 Å². The van der Waals surface area contributed by atoms with Crippen LogP contribution in [0.5, 0.6) is 0 Å². The monoisotopic (exact) mass is 482 g/mol. The highest BCUT2D eigenvalue weighted by Crippen LogP contribution is 2.30. The van der Waals surface area contributed by atoms with E-state index >= 15 is 0 Å². The predicted octanol–water partition coefficient (Wildman–Crippen LogP) is 4.39. The summed E-state index contributed by atoms with van der Waals surface area (Å²) in [6.07, 6.45) is 0.364. The number of cyclic esters (lactones) is 1. The third-order valence-electron chi connectivity index (χ3n) is 5.10. The molecule has 0 aliphatic carbocycles. The Kier molecular flexibility index (Phi) is 6.78. The zero-order valence-electron chi connectivity index (χ0n) is 18.0. The number of halogens is 2. The molecule has 7 nitrogen and oxygen atoms in total. The number of hydrogen-bond acceptors (Lipinski definition) is 6. The number of aromatic nitrogens is 1. The van der Waals surface area contributed by atoms with Crippen molar-refractivity contribution in [1.29, 1.82) is 0 Å². The molecule has 0 radical (unpaired) electrons. The summed E-state index contributed by atoms with van der Waals surface area (Å²) in [4.78, 5) is 30.6. The van der Waals surface area contributed by atoms with Crippen molar-refractivity contribution in [3.05, 3.63) is 82.7 Å². The van der Waals surface area contributed by atoms with Gasteiger partial charge >= 0.3 is 6.09 Å². The molecular weight excluding hydrogens is 462 g/mol. The third kappa shape index (κ3) is 5.18. The van der Waals surface area contributed by atoms with E-state index in [0.717, 1.165) is 17.0 Å². The molecule has 2 N–H and O–H groups in total. The summed E-state index contributed by atoms with van der Waals surface area (Å²) in [6, 6.07) is 13.3. The largest absolute Gasteiger partial charge is 0.442 e. The van der Waals surface area contributed by atoms with Crippen LogP contribution in [0, 0.1) is 11.6 Å². The van der Waals surface area contributed by atoms with Gasteiger partial charge < -0.3 is 15.4 Å². The first-order chi connectivity index (χ1) is 16.3.